The van der Waals surface area contributed by atoms with Gasteiger partial charge in [-0.15, -0.1) is 0 Å². The monoisotopic (exact) mass is 361 g/mol. The lowest BCUT2D eigenvalue weighted by Gasteiger charge is -2.20. The molecule has 2 rings (SSSR count). The molecule has 0 aliphatic heterocycles. The number of rotatable bonds is 4. The zero-order chi connectivity index (χ0) is 15.6. The topological polar surface area (TPSA) is 12.0 Å². The SMILES string of the molecule is CCC(Nc1c(F)c(F)cc(F)c1F)c1cccc(Br)c1. The van der Waals surface area contributed by atoms with Crippen molar-refractivity contribution in [2.45, 2.75) is 19.4 Å². The van der Waals surface area contributed by atoms with Crippen molar-refractivity contribution in [3.8, 4) is 0 Å². The molecule has 2 aromatic rings. The number of nitrogens with one attached hydrogen (secondary N) is 1. The van der Waals surface area contributed by atoms with E-state index in [1.807, 2.05) is 0 Å². The van der Waals surface area contributed by atoms with Crippen LogP contribution in [0.1, 0.15) is 24.9 Å². The minimum Gasteiger partial charge on any atom is -0.373 e. The van der Waals surface area contributed by atoms with E-state index in [1.165, 1.54) is 0 Å². The fraction of sp³-hybridized carbons (Fsp3) is 0.200. The van der Waals surface area contributed by atoms with Crippen LogP contribution in [0.2, 0.25) is 0 Å². The summed E-state index contributed by atoms with van der Waals surface area (Å²) < 4.78 is 54.6. The Hall–Kier alpha value is -1.56. The molecule has 21 heavy (non-hydrogen) atoms. The number of hydrogen-bond donors (Lipinski definition) is 1. The van der Waals surface area contributed by atoms with Crippen LogP contribution in [-0.4, -0.2) is 0 Å². The Bertz CT molecular complexity index is 634. The molecule has 6 heteroatoms. The molecule has 1 unspecified atom stereocenters. The fourth-order valence-corrected chi connectivity index (χ4v) is 2.44. The predicted molar refractivity (Wildman–Crippen MR) is 77.1 cm³/mol. The van der Waals surface area contributed by atoms with E-state index in [0.717, 1.165) is 10.0 Å². The van der Waals surface area contributed by atoms with Gasteiger partial charge in [0.25, 0.3) is 0 Å². The van der Waals surface area contributed by atoms with Crippen molar-refractivity contribution in [1.29, 1.82) is 0 Å². The Morgan fingerprint density at radius 1 is 1.05 bits per heavy atom. The highest BCUT2D eigenvalue weighted by molar-refractivity contribution is 9.10. The average Bonchev–Trinajstić information content (AvgIpc) is 2.45. The molecule has 0 aliphatic rings. The van der Waals surface area contributed by atoms with Gasteiger partial charge in [0.15, 0.2) is 23.3 Å². The second-order valence-corrected chi connectivity index (χ2v) is 5.42. The summed E-state index contributed by atoms with van der Waals surface area (Å²) in [6, 6.07) is 6.81. The number of anilines is 1. The van der Waals surface area contributed by atoms with Crippen LogP contribution in [0, 0.1) is 23.3 Å². The van der Waals surface area contributed by atoms with Crippen LogP contribution in [-0.2, 0) is 0 Å². The Kier molecular flexibility index (Phi) is 4.88. The molecule has 0 fully saturated rings. The standard InChI is InChI=1S/C15H12BrF4N/c1-2-12(8-4-3-5-9(16)6-8)21-15-13(19)10(17)7-11(18)14(15)20/h3-7,12,21H,2H2,1H3. The number of hydrogen-bond acceptors (Lipinski definition) is 1. The quantitative estimate of drug-likeness (QED) is 0.554. The van der Waals surface area contributed by atoms with Crippen LogP contribution >= 0.6 is 15.9 Å². The summed E-state index contributed by atoms with van der Waals surface area (Å²) in [7, 11) is 0. The summed E-state index contributed by atoms with van der Waals surface area (Å²) in [6.07, 6.45) is 0.480. The molecule has 0 aliphatic carbocycles. The Labute approximate surface area is 128 Å². The largest absolute Gasteiger partial charge is 0.373 e. The van der Waals surface area contributed by atoms with Crippen molar-refractivity contribution in [2.24, 2.45) is 0 Å². The molecule has 0 bridgehead atoms. The lowest BCUT2D eigenvalue weighted by atomic mass is 10.0. The van der Waals surface area contributed by atoms with Crippen LogP contribution in [0.3, 0.4) is 0 Å². The molecule has 0 heterocycles. The van der Waals surface area contributed by atoms with Gasteiger partial charge in [-0.2, -0.15) is 0 Å². The lowest BCUT2D eigenvalue weighted by Crippen LogP contribution is -2.14. The lowest BCUT2D eigenvalue weighted by molar-refractivity contribution is 0.456. The van der Waals surface area contributed by atoms with Crippen molar-refractivity contribution >= 4 is 21.6 Å². The molecule has 0 aromatic heterocycles. The van der Waals surface area contributed by atoms with Gasteiger partial charge in [0.05, 0.1) is 6.04 Å². The second kappa shape index (κ2) is 6.47. The van der Waals surface area contributed by atoms with Gasteiger partial charge in [-0.05, 0) is 24.1 Å². The summed E-state index contributed by atoms with van der Waals surface area (Å²) in [6.45, 7) is 1.80. The van der Waals surface area contributed by atoms with Crippen LogP contribution in [0.4, 0.5) is 23.2 Å². The molecule has 0 saturated heterocycles. The van der Waals surface area contributed by atoms with Crippen molar-refractivity contribution in [3.05, 3.63) is 63.6 Å². The third-order valence-electron chi connectivity index (χ3n) is 3.09. The minimum atomic E-state index is -1.43. The zero-order valence-corrected chi connectivity index (χ0v) is 12.6. The summed E-state index contributed by atoms with van der Waals surface area (Å²) in [5.41, 5.74) is -0.0466. The first-order chi connectivity index (χ1) is 9.93. The first-order valence-corrected chi connectivity index (χ1v) is 7.08. The molecule has 0 radical (unpaired) electrons. The molecular formula is C15H12BrF4N. The maximum absolute atomic E-state index is 13.7. The number of benzene rings is 2. The summed E-state index contributed by atoms with van der Waals surface area (Å²) in [5.74, 6) is -5.72. The molecular weight excluding hydrogens is 350 g/mol. The van der Waals surface area contributed by atoms with E-state index in [9.17, 15) is 17.6 Å². The van der Waals surface area contributed by atoms with Crippen molar-refractivity contribution < 1.29 is 17.6 Å². The van der Waals surface area contributed by atoms with Crippen molar-refractivity contribution in [2.75, 3.05) is 5.32 Å². The maximum atomic E-state index is 13.7. The first kappa shape index (κ1) is 15.8. The summed E-state index contributed by atoms with van der Waals surface area (Å²) >= 11 is 3.30. The van der Waals surface area contributed by atoms with E-state index in [4.69, 9.17) is 0 Å². The van der Waals surface area contributed by atoms with Gasteiger partial charge >= 0.3 is 0 Å². The fourth-order valence-electron chi connectivity index (χ4n) is 2.02. The third kappa shape index (κ3) is 3.37. The van der Waals surface area contributed by atoms with E-state index < -0.39 is 35.0 Å². The third-order valence-corrected chi connectivity index (χ3v) is 3.58. The molecule has 0 amide bonds. The van der Waals surface area contributed by atoms with E-state index in [2.05, 4.69) is 21.2 Å². The van der Waals surface area contributed by atoms with Gasteiger partial charge in [0.2, 0.25) is 0 Å². The van der Waals surface area contributed by atoms with Gasteiger partial charge in [-0.25, -0.2) is 17.6 Å². The molecule has 1 nitrogen and oxygen atoms in total. The highest BCUT2D eigenvalue weighted by atomic mass is 79.9. The van der Waals surface area contributed by atoms with E-state index in [0.29, 0.717) is 6.42 Å². The smallest absolute Gasteiger partial charge is 0.185 e. The minimum absolute atomic E-state index is 0.190. The Morgan fingerprint density at radius 2 is 1.67 bits per heavy atom. The zero-order valence-electron chi connectivity index (χ0n) is 11.1. The van der Waals surface area contributed by atoms with Crippen LogP contribution in [0.15, 0.2) is 34.8 Å². The van der Waals surface area contributed by atoms with E-state index in [-0.39, 0.29) is 6.07 Å². The van der Waals surface area contributed by atoms with Crippen LogP contribution < -0.4 is 5.32 Å². The molecule has 112 valence electrons. The second-order valence-electron chi connectivity index (χ2n) is 4.50. The van der Waals surface area contributed by atoms with Gasteiger partial charge in [0, 0.05) is 10.5 Å². The van der Waals surface area contributed by atoms with Gasteiger partial charge < -0.3 is 5.32 Å². The van der Waals surface area contributed by atoms with Crippen LogP contribution in [0.25, 0.3) is 0 Å². The number of halogens is 5. The molecule has 0 spiro atoms. The normalized spacial score (nSPS) is 12.3. The molecule has 1 atom stereocenters. The van der Waals surface area contributed by atoms with Crippen LogP contribution in [0.5, 0.6) is 0 Å². The highest BCUT2D eigenvalue weighted by Crippen LogP contribution is 2.30. The van der Waals surface area contributed by atoms with Crippen molar-refractivity contribution in [3.63, 3.8) is 0 Å². The first-order valence-electron chi connectivity index (χ1n) is 6.29. The average molecular weight is 362 g/mol. The molecule has 2 aromatic carbocycles. The van der Waals surface area contributed by atoms with Gasteiger partial charge in [0.1, 0.15) is 5.69 Å². The maximum Gasteiger partial charge on any atom is 0.185 e. The Balaban J connectivity index is 2.40. The summed E-state index contributed by atoms with van der Waals surface area (Å²) in [5, 5.41) is 2.54. The molecule has 0 saturated carbocycles. The van der Waals surface area contributed by atoms with E-state index >= 15 is 0 Å². The van der Waals surface area contributed by atoms with Gasteiger partial charge in [-0.1, -0.05) is 35.0 Å². The molecule has 1 N–H and O–H groups in total. The van der Waals surface area contributed by atoms with Gasteiger partial charge in [-0.3, -0.25) is 0 Å². The highest BCUT2D eigenvalue weighted by Gasteiger charge is 2.21. The Morgan fingerprint density at radius 3 is 2.19 bits per heavy atom. The van der Waals surface area contributed by atoms with E-state index in [1.54, 1.807) is 31.2 Å². The summed E-state index contributed by atoms with van der Waals surface area (Å²) in [4.78, 5) is 0. The predicted octanol–water partition coefficient (Wildman–Crippen LogP) is 5.57. The van der Waals surface area contributed by atoms with Crippen molar-refractivity contribution in [1.82, 2.24) is 0 Å².